The van der Waals surface area contributed by atoms with E-state index in [0.29, 0.717) is 16.9 Å². The summed E-state index contributed by atoms with van der Waals surface area (Å²) in [4.78, 5) is 12.6. The van der Waals surface area contributed by atoms with Crippen LogP contribution in [0.2, 0.25) is 0 Å². The molecule has 0 atom stereocenters. The molecule has 1 aromatic rings. The molecule has 0 saturated heterocycles. The van der Waals surface area contributed by atoms with Gasteiger partial charge >= 0.3 is 5.97 Å². The van der Waals surface area contributed by atoms with Crippen molar-refractivity contribution in [2.24, 2.45) is 6.98 Å². The Morgan fingerprint density at radius 3 is 2.92 bits per heavy atom. The summed E-state index contributed by atoms with van der Waals surface area (Å²) in [5.74, 6) is -1.30. The summed E-state index contributed by atoms with van der Waals surface area (Å²) in [6.07, 6.45) is 0. The average Bonchev–Trinajstić information content (AvgIpc) is 2.45. The maximum absolute atomic E-state index is 10.8. The molecule has 0 aliphatic heterocycles. The third-order valence-electron chi connectivity index (χ3n) is 1.46. The highest BCUT2D eigenvalue weighted by molar-refractivity contribution is 5.85. The van der Waals surface area contributed by atoms with Crippen molar-refractivity contribution >= 4 is 5.97 Å². The molecule has 0 radical (unpaired) electrons. The molecule has 0 aliphatic rings. The molecule has 0 fully saturated rings. The topological polar surface area (TPSA) is 58.4 Å². The fourth-order valence-electron chi connectivity index (χ4n) is 0.984. The summed E-state index contributed by atoms with van der Waals surface area (Å²) < 4.78 is 22.0. The fourth-order valence-corrected chi connectivity index (χ4v) is 0.984. The Hall–Kier alpha value is -1.36. The quantitative estimate of drug-likeness (QED) is 0.731. The number of aryl methyl sites for hydroxylation is 1. The number of carboxylic acid groups (broad SMARTS) is 1. The molecule has 72 valence electrons. The summed E-state index contributed by atoms with van der Waals surface area (Å²) in [6, 6.07) is 1.27. The van der Waals surface area contributed by atoms with E-state index in [9.17, 15) is 4.79 Å². The summed E-state index contributed by atoms with van der Waals surface area (Å²) in [6.45, 7) is -2.18. The highest BCUT2D eigenvalue weighted by atomic mass is 16.4. The Morgan fingerprint density at radius 2 is 2.54 bits per heavy atom. The maximum atomic E-state index is 10.8. The van der Waals surface area contributed by atoms with E-state index < -0.39 is 12.9 Å². The second kappa shape index (κ2) is 3.57. The largest absolute Gasteiger partial charge is 0.477 e. The van der Waals surface area contributed by atoms with Gasteiger partial charge in [-0.25, -0.2) is 4.79 Å². The minimum Gasteiger partial charge on any atom is -0.477 e. The Morgan fingerprint density at radius 1 is 1.85 bits per heavy atom. The van der Waals surface area contributed by atoms with E-state index >= 15 is 0 Å². The molecule has 1 heterocycles. The monoisotopic (exact) mass is 186 g/mol. The van der Waals surface area contributed by atoms with Crippen molar-refractivity contribution < 1.29 is 14.0 Å². The minimum atomic E-state index is -2.57. The molecule has 0 unspecified atom stereocenters. The van der Waals surface area contributed by atoms with Crippen molar-refractivity contribution in [1.29, 1.82) is 0 Å². The Balaban J connectivity index is 3.16. The molecule has 0 spiro atoms. The van der Waals surface area contributed by atoms with Crippen molar-refractivity contribution in [2.75, 3.05) is 14.1 Å². The molecular weight excluding hydrogens is 170 g/mol. The molecule has 0 amide bonds. The first-order valence-corrected chi connectivity index (χ1v) is 3.69. The van der Waals surface area contributed by atoms with Crippen LogP contribution in [0.15, 0.2) is 6.07 Å². The van der Waals surface area contributed by atoms with Crippen molar-refractivity contribution in [3.63, 3.8) is 0 Å². The molecule has 1 N–H and O–H groups in total. The Labute approximate surface area is 80.8 Å². The lowest BCUT2D eigenvalue weighted by Gasteiger charge is -2.04. The van der Waals surface area contributed by atoms with Gasteiger partial charge in [-0.1, -0.05) is 0 Å². The van der Waals surface area contributed by atoms with Crippen LogP contribution in [0.3, 0.4) is 0 Å². The first-order valence-electron chi connectivity index (χ1n) is 5.19. The summed E-state index contributed by atoms with van der Waals surface area (Å²) in [7, 11) is 3.57. The number of carboxylic acids is 1. The van der Waals surface area contributed by atoms with Crippen LogP contribution < -0.4 is 0 Å². The van der Waals surface area contributed by atoms with E-state index in [-0.39, 0.29) is 5.69 Å². The molecule has 0 bridgehead atoms. The van der Waals surface area contributed by atoms with Crippen LogP contribution in [-0.2, 0) is 13.5 Å². The Kier molecular flexibility index (Phi) is 1.69. The average molecular weight is 186 g/mol. The van der Waals surface area contributed by atoms with Gasteiger partial charge in [-0.15, -0.1) is 0 Å². The van der Waals surface area contributed by atoms with Gasteiger partial charge in [-0.3, -0.25) is 4.68 Å². The summed E-state index contributed by atoms with van der Waals surface area (Å²) in [5.41, 5.74) is 0.0929. The van der Waals surface area contributed by atoms with Crippen LogP contribution in [-0.4, -0.2) is 39.9 Å². The van der Waals surface area contributed by atoms with E-state index in [2.05, 4.69) is 5.10 Å². The number of aromatic carboxylic acids is 1. The third kappa shape index (κ3) is 2.29. The Bertz CT molecular complexity index is 398. The second-order valence-electron chi connectivity index (χ2n) is 2.98. The summed E-state index contributed by atoms with van der Waals surface area (Å²) >= 11 is 0. The molecule has 0 saturated carbocycles. The number of carbonyl (C=O) groups is 1. The summed E-state index contributed by atoms with van der Waals surface area (Å²) in [5, 5.41) is 12.6. The van der Waals surface area contributed by atoms with Gasteiger partial charge in [-0.2, -0.15) is 5.10 Å². The highest BCUT2D eigenvalue weighted by Crippen LogP contribution is 2.04. The van der Waals surface area contributed by atoms with Gasteiger partial charge in [0.05, 0.1) is 5.69 Å². The number of hydrogen-bond acceptors (Lipinski definition) is 3. The lowest BCUT2D eigenvalue weighted by Crippen LogP contribution is -2.11. The molecular formula is C8H13N3O2. The van der Waals surface area contributed by atoms with Crippen molar-refractivity contribution in [2.45, 2.75) is 6.54 Å². The predicted molar refractivity (Wildman–Crippen MR) is 47.6 cm³/mol. The standard InChI is InChI=1S/C8H13N3O2/c1-10(2)5-6-4-7(8(12)13)11(3)9-6/h4H,5H2,1-3H3,(H,12,13)/i3D3. The van der Waals surface area contributed by atoms with Crippen LogP contribution in [0.1, 0.15) is 20.3 Å². The SMILES string of the molecule is [2H]C([2H])([2H])n1nc(CN(C)C)cc1C(=O)O. The van der Waals surface area contributed by atoms with E-state index in [4.69, 9.17) is 9.22 Å². The van der Waals surface area contributed by atoms with Gasteiger partial charge in [-0.05, 0) is 20.2 Å². The predicted octanol–water partition coefficient (Wildman–Crippen LogP) is 0.180. The van der Waals surface area contributed by atoms with Crippen LogP contribution in [0.25, 0.3) is 0 Å². The lowest BCUT2D eigenvalue weighted by molar-refractivity contribution is 0.0685. The molecule has 5 heteroatoms. The lowest BCUT2D eigenvalue weighted by atomic mass is 10.3. The zero-order valence-electron chi connectivity index (χ0n) is 10.5. The van der Waals surface area contributed by atoms with Gasteiger partial charge in [0.2, 0.25) is 0 Å². The van der Waals surface area contributed by atoms with Crippen molar-refractivity contribution in [3.05, 3.63) is 17.5 Å². The zero-order chi connectivity index (χ0) is 12.5. The van der Waals surface area contributed by atoms with Gasteiger partial charge in [0, 0.05) is 17.6 Å². The van der Waals surface area contributed by atoms with Crippen LogP contribution in [0.4, 0.5) is 0 Å². The number of rotatable bonds is 3. The van der Waals surface area contributed by atoms with E-state index in [1.54, 1.807) is 19.0 Å². The number of hydrogen-bond donors (Lipinski definition) is 1. The van der Waals surface area contributed by atoms with Crippen molar-refractivity contribution in [3.8, 4) is 0 Å². The highest BCUT2D eigenvalue weighted by Gasteiger charge is 2.11. The molecule has 13 heavy (non-hydrogen) atoms. The molecule has 5 nitrogen and oxygen atoms in total. The van der Waals surface area contributed by atoms with Crippen LogP contribution >= 0.6 is 0 Å². The van der Waals surface area contributed by atoms with E-state index in [1.807, 2.05) is 0 Å². The molecule has 0 aliphatic carbocycles. The molecule has 1 aromatic heterocycles. The van der Waals surface area contributed by atoms with Crippen LogP contribution in [0, 0.1) is 0 Å². The van der Waals surface area contributed by atoms with E-state index in [0.717, 1.165) is 0 Å². The third-order valence-corrected chi connectivity index (χ3v) is 1.46. The van der Waals surface area contributed by atoms with Gasteiger partial charge < -0.3 is 10.0 Å². The molecule has 0 aromatic carbocycles. The van der Waals surface area contributed by atoms with Crippen molar-refractivity contribution in [1.82, 2.24) is 14.7 Å². The zero-order valence-corrected chi connectivity index (χ0v) is 7.48. The first-order chi connectivity index (χ1) is 7.21. The first kappa shape index (κ1) is 6.15. The number of nitrogens with zero attached hydrogens (tertiary/aromatic N) is 3. The maximum Gasteiger partial charge on any atom is 0.354 e. The second-order valence-corrected chi connectivity index (χ2v) is 2.98. The van der Waals surface area contributed by atoms with E-state index in [1.165, 1.54) is 6.07 Å². The molecule has 1 rings (SSSR count). The smallest absolute Gasteiger partial charge is 0.354 e. The number of aromatic nitrogens is 2. The fraction of sp³-hybridized carbons (Fsp3) is 0.500. The van der Waals surface area contributed by atoms with Gasteiger partial charge in [0.1, 0.15) is 5.69 Å². The minimum absolute atomic E-state index is 0.322. The normalized spacial score (nSPS) is 15.2. The van der Waals surface area contributed by atoms with Crippen LogP contribution in [0.5, 0.6) is 0 Å². The van der Waals surface area contributed by atoms with Gasteiger partial charge in [0.25, 0.3) is 0 Å². The van der Waals surface area contributed by atoms with Gasteiger partial charge in [0.15, 0.2) is 0 Å².